The van der Waals surface area contributed by atoms with Crippen LogP contribution in [0.5, 0.6) is 0 Å². The van der Waals surface area contributed by atoms with E-state index in [4.69, 9.17) is 4.74 Å². The van der Waals surface area contributed by atoms with Gasteiger partial charge >= 0.3 is 29.6 Å². The number of carbonyl (C=O) groups is 1. The Morgan fingerprint density at radius 3 is 2.92 bits per heavy atom. The van der Waals surface area contributed by atoms with Crippen LogP contribution in [0.4, 0.5) is 0 Å². The van der Waals surface area contributed by atoms with Gasteiger partial charge in [0.2, 0.25) is 0 Å². The van der Waals surface area contributed by atoms with E-state index < -0.39 is 12.6 Å². The van der Waals surface area contributed by atoms with Crippen LogP contribution in [0, 0.1) is 0 Å². The van der Waals surface area contributed by atoms with Crippen LogP contribution in [0.3, 0.4) is 0 Å². The molecule has 66 valence electrons. The van der Waals surface area contributed by atoms with E-state index in [1.54, 1.807) is 11.6 Å². The topological polar surface area (TPSA) is 80.1 Å². The molecule has 13 heavy (non-hydrogen) atoms. The van der Waals surface area contributed by atoms with Crippen molar-refractivity contribution in [3.05, 3.63) is 12.2 Å². The predicted molar refractivity (Wildman–Crippen MR) is 35.7 cm³/mol. The van der Waals surface area contributed by atoms with Gasteiger partial charge in [-0.2, -0.15) is 0 Å². The molecule has 0 aliphatic heterocycles. The number of hydrogen-bond acceptors (Lipinski definition) is 5. The third kappa shape index (κ3) is 4.37. The summed E-state index contributed by atoms with van der Waals surface area (Å²) in [4.78, 5) is 9.93. The number of aryl methyl sites for hydroxylation is 1. The third-order valence-corrected chi connectivity index (χ3v) is 1.26. The van der Waals surface area contributed by atoms with E-state index in [9.17, 15) is 9.90 Å². The average Bonchev–Trinajstić information content (AvgIpc) is 2.36. The number of nitrogens with zero attached hydrogens (tertiary/aromatic N) is 3. The zero-order valence-corrected chi connectivity index (χ0v) is 9.56. The SMILES string of the molecule is Cn1cnnc1COCC(=O)[O-].[Na+]. The normalized spacial score (nSPS) is 9.31. The summed E-state index contributed by atoms with van der Waals surface area (Å²) in [5.41, 5.74) is 0. The van der Waals surface area contributed by atoms with Gasteiger partial charge in [0.25, 0.3) is 0 Å². The molecule has 0 spiro atoms. The number of carbonyl (C=O) groups excluding carboxylic acids is 1. The summed E-state index contributed by atoms with van der Waals surface area (Å²) in [6, 6.07) is 0. The Kier molecular flexibility index (Phi) is 5.89. The predicted octanol–water partition coefficient (Wildman–Crippen LogP) is -4.91. The molecule has 0 radical (unpaired) electrons. The fourth-order valence-electron chi connectivity index (χ4n) is 0.663. The summed E-state index contributed by atoms with van der Waals surface area (Å²) in [5, 5.41) is 17.2. The third-order valence-electron chi connectivity index (χ3n) is 1.26. The number of carboxylic acid groups (broad SMARTS) is 1. The molecule has 0 saturated carbocycles. The second kappa shape index (κ2) is 6.09. The van der Waals surface area contributed by atoms with Crippen molar-refractivity contribution in [1.29, 1.82) is 0 Å². The Bertz CT molecular complexity index is 276. The number of aliphatic carboxylic acids is 1. The first-order chi connectivity index (χ1) is 5.70. The standard InChI is InChI=1S/C6H9N3O3.Na/c1-9-4-7-8-5(9)2-12-3-6(10)11;/h4H,2-3H2,1H3,(H,10,11);/q;+1/p-1. The monoisotopic (exact) mass is 193 g/mol. The Hall–Kier alpha value is -0.430. The van der Waals surface area contributed by atoms with Crippen LogP contribution in [0.1, 0.15) is 5.82 Å². The van der Waals surface area contributed by atoms with Gasteiger partial charge < -0.3 is 19.2 Å². The molecule has 0 aliphatic carbocycles. The van der Waals surface area contributed by atoms with E-state index in [0.717, 1.165) is 0 Å². The molecule has 6 nitrogen and oxygen atoms in total. The van der Waals surface area contributed by atoms with Crippen molar-refractivity contribution in [2.75, 3.05) is 6.61 Å². The summed E-state index contributed by atoms with van der Waals surface area (Å²) in [6.07, 6.45) is 1.51. The number of hydrogen-bond donors (Lipinski definition) is 0. The fourth-order valence-corrected chi connectivity index (χ4v) is 0.663. The second-order valence-corrected chi connectivity index (χ2v) is 2.22. The Morgan fingerprint density at radius 2 is 2.46 bits per heavy atom. The number of aromatic nitrogens is 3. The van der Waals surface area contributed by atoms with Crippen molar-refractivity contribution in [2.24, 2.45) is 7.05 Å². The van der Waals surface area contributed by atoms with Crippen LogP contribution in [0.25, 0.3) is 0 Å². The van der Waals surface area contributed by atoms with E-state index in [0.29, 0.717) is 5.82 Å². The minimum Gasteiger partial charge on any atom is -0.548 e. The van der Waals surface area contributed by atoms with E-state index >= 15 is 0 Å². The van der Waals surface area contributed by atoms with Crippen molar-refractivity contribution >= 4 is 5.97 Å². The molecular weight excluding hydrogens is 185 g/mol. The summed E-state index contributed by atoms with van der Waals surface area (Å²) in [7, 11) is 1.75. The molecule has 7 heteroatoms. The van der Waals surface area contributed by atoms with E-state index in [1.807, 2.05) is 0 Å². The minimum atomic E-state index is -1.24. The first-order valence-electron chi connectivity index (χ1n) is 3.30. The van der Waals surface area contributed by atoms with Gasteiger partial charge in [-0.05, 0) is 0 Å². The van der Waals surface area contributed by atoms with Crippen molar-refractivity contribution in [3.63, 3.8) is 0 Å². The molecule has 0 N–H and O–H groups in total. The molecule has 0 amide bonds. The van der Waals surface area contributed by atoms with Gasteiger partial charge in [-0.15, -0.1) is 10.2 Å². The van der Waals surface area contributed by atoms with E-state index in [1.165, 1.54) is 6.33 Å². The van der Waals surface area contributed by atoms with Gasteiger partial charge in [0.15, 0.2) is 5.82 Å². The first-order valence-corrected chi connectivity index (χ1v) is 3.30. The molecular formula is C6H8N3NaO3. The Balaban J connectivity index is 0.00000144. The second-order valence-electron chi connectivity index (χ2n) is 2.22. The van der Waals surface area contributed by atoms with Gasteiger partial charge in [0.1, 0.15) is 12.9 Å². The van der Waals surface area contributed by atoms with Crippen LogP contribution in [-0.2, 0) is 23.2 Å². The first kappa shape index (κ1) is 12.6. The number of ether oxygens (including phenoxy) is 1. The molecule has 1 aromatic heterocycles. The summed E-state index contributed by atoms with van der Waals surface area (Å²) < 4.78 is 6.38. The molecule has 0 aliphatic rings. The maximum absolute atomic E-state index is 9.93. The van der Waals surface area contributed by atoms with E-state index in [-0.39, 0.29) is 36.2 Å². The quantitative estimate of drug-likeness (QED) is 0.448. The number of carboxylic acids is 1. The molecule has 0 fully saturated rings. The van der Waals surface area contributed by atoms with Gasteiger partial charge in [-0.25, -0.2) is 0 Å². The molecule has 0 bridgehead atoms. The van der Waals surface area contributed by atoms with Crippen LogP contribution in [0.2, 0.25) is 0 Å². The van der Waals surface area contributed by atoms with Crippen molar-refractivity contribution in [1.82, 2.24) is 14.8 Å². The van der Waals surface area contributed by atoms with Gasteiger partial charge in [-0.3, -0.25) is 0 Å². The molecule has 1 rings (SSSR count). The van der Waals surface area contributed by atoms with Gasteiger partial charge in [0, 0.05) is 7.05 Å². The molecule has 1 heterocycles. The van der Waals surface area contributed by atoms with Crippen LogP contribution < -0.4 is 34.7 Å². The number of rotatable bonds is 4. The van der Waals surface area contributed by atoms with Crippen LogP contribution in [-0.4, -0.2) is 27.3 Å². The zero-order valence-electron chi connectivity index (χ0n) is 7.56. The smallest absolute Gasteiger partial charge is 0.548 e. The van der Waals surface area contributed by atoms with Crippen molar-refractivity contribution in [3.8, 4) is 0 Å². The van der Waals surface area contributed by atoms with Crippen LogP contribution in [0.15, 0.2) is 6.33 Å². The summed E-state index contributed by atoms with van der Waals surface area (Å²) in [5.74, 6) is -0.659. The van der Waals surface area contributed by atoms with Gasteiger partial charge in [0.05, 0.1) is 12.6 Å². The van der Waals surface area contributed by atoms with Crippen molar-refractivity contribution in [2.45, 2.75) is 6.61 Å². The average molecular weight is 193 g/mol. The van der Waals surface area contributed by atoms with Crippen molar-refractivity contribution < 1.29 is 44.2 Å². The molecule has 0 saturated heterocycles. The summed E-state index contributed by atoms with van der Waals surface area (Å²) in [6.45, 7) is -0.294. The molecule has 0 atom stereocenters. The Morgan fingerprint density at radius 1 is 1.77 bits per heavy atom. The van der Waals surface area contributed by atoms with Crippen LogP contribution >= 0.6 is 0 Å². The maximum atomic E-state index is 9.93. The molecule has 0 aromatic carbocycles. The molecule has 1 aromatic rings. The van der Waals surface area contributed by atoms with E-state index in [2.05, 4.69) is 10.2 Å². The Labute approximate surface area is 97.2 Å². The maximum Gasteiger partial charge on any atom is 1.00 e. The summed E-state index contributed by atoms with van der Waals surface area (Å²) >= 11 is 0. The largest absolute Gasteiger partial charge is 1.00 e. The zero-order chi connectivity index (χ0) is 8.97. The molecule has 0 unspecified atom stereocenters. The fraction of sp³-hybridized carbons (Fsp3) is 0.500. The minimum absolute atomic E-state index is 0. The van der Waals surface area contributed by atoms with Gasteiger partial charge in [-0.1, -0.05) is 0 Å².